The minimum absolute atomic E-state index is 0.0546. The van der Waals surface area contributed by atoms with Gasteiger partial charge in [0.05, 0.1) is 0 Å². The van der Waals surface area contributed by atoms with Crippen LogP contribution in [0.4, 0.5) is 0 Å². The van der Waals surface area contributed by atoms with Crippen molar-refractivity contribution in [3.8, 4) is 0 Å². The van der Waals surface area contributed by atoms with Crippen LogP contribution in [0.2, 0.25) is 0 Å². The van der Waals surface area contributed by atoms with Crippen molar-refractivity contribution >= 4 is 11.7 Å². The average Bonchev–Trinajstić information content (AvgIpc) is 3.08. The molecule has 4 rings (SSSR count). The van der Waals surface area contributed by atoms with E-state index in [0.29, 0.717) is 5.78 Å². The first-order chi connectivity index (χ1) is 12.2. The third-order valence-corrected chi connectivity index (χ3v) is 5.91. The molecule has 0 radical (unpaired) electrons. The molecule has 1 saturated heterocycles. The van der Waals surface area contributed by atoms with Crippen molar-refractivity contribution in [2.45, 2.75) is 58.3 Å². The number of aryl methyl sites for hydroxylation is 1. The lowest BCUT2D eigenvalue weighted by Gasteiger charge is -2.34. The van der Waals surface area contributed by atoms with E-state index in [1.165, 1.54) is 38.5 Å². The Labute approximate surface area is 148 Å². The van der Waals surface area contributed by atoms with E-state index < -0.39 is 0 Å². The number of hydrogen-bond donors (Lipinski definition) is 0. The van der Waals surface area contributed by atoms with Crippen LogP contribution in [0.3, 0.4) is 0 Å². The minimum Gasteiger partial charge on any atom is -0.336 e. The Balaban J connectivity index is 1.36. The van der Waals surface area contributed by atoms with E-state index in [9.17, 15) is 4.79 Å². The third kappa shape index (κ3) is 3.53. The maximum absolute atomic E-state index is 12.7. The lowest BCUT2D eigenvalue weighted by atomic mass is 9.80. The van der Waals surface area contributed by atoms with Gasteiger partial charge in [0.15, 0.2) is 0 Å². The number of amides is 1. The highest BCUT2D eigenvalue weighted by Crippen LogP contribution is 2.33. The van der Waals surface area contributed by atoms with Crippen molar-refractivity contribution in [1.29, 1.82) is 0 Å². The Morgan fingerprint density at radius 1 is 1.12 bits per heavy atom. The highest BCUT2D eigenvalue weighted by Gasteiger charge is 2.28. The molecule has 3 heterocycles. The van der Waals surface area contributed by atoms with Crippen molar-refractivity contribution in [3.63, 3.8) is 0 Å². The van der Waals surface area contributed by atoms with Gasteiger partial charge in [-0.15, -0.1) is 5.10 Å². The van der Waals surface area contributed by atoms with Gasteiger partial charge in [-0.2, -0.15) is 4.98 Å². The zero-order chi connectivity index (χ0) is 17.2. The van der Waals surface area contributed by atoms with Crippen molar-refractivity contribution in [1.82, 2.24) is 24.5 Å². The summed E-state index contributed by atoms with van der Waals surface area (Å²) in [6.45, 7) is 3.60. The van der Waals surface area contributed by atoms with Crippen molar-refractivity contribution in [2.75, 3.05) is 13.1 Å². The van der Waals surface area contributed by atoms with Gasteiger partial charge in [-0.3, -0.25) is 4.79 Å². The second-order valence-corrected chi connectivity index (χ2v) is 7.71. The molecular weight excluding hydrogens is 314 g/mol. The molecule has 2 aromatic rings. The molecule has 2 aliphatic rings. The molecule has 0 bridgehead atoms. The molecule has 2 aromatic heterocycles. The normalized spacial score (nSPS) is 20.3. The van der Waals surface area contributed by atoms with E-state index in [1.807, 2.05) is 17.9 Å². The summed E-state index contributed by atoms with van der Waals surface area (Å²) in [6.07, 6.45) is 12.4. The second kappa shape index (κ2) is 7.10. The molecule has 1 amide bonds. The number of fused-ring (bicyclic) bond motifs is 1. The third-order valence-electron chi connectivity index (χ3n) is 5.91. The molecule has 2 fully saturated rings. The Kier molecular flexibility index (Phi) is 4.68. The van der Waals surface area contributed by atoms with Gasteiger partial charge in [0.25, 0.3) is 11.7 Å². The Bertz CT molecular complexity index is 741. The lowest BCUT2D eigenvalue weighted by molar-refractivity contribution is 0.0662. The van der Waals surface area contributed by atoms with Crippen LogP contribution in [-0.2, 0) is 0 Å². The van der Waals surface area contributed by atoms with E-state index in [4.69, 9.17) is 0 Å². The molecule has 0 aromatic carbocycles. The van der Waals surface area contributed by atoms with Crippen LogP contribution in [-0.4, -0.2) is 43.5 Å². The van der Waals surface area contributed by atoms with Crippen LogP contribution in [0.15, 0.2) is 12.3 Å². The van der Waals surface area contributed by atoms with Gasteiger partial charge in [0.2, 0.25) is 5.82 Å². The van der Waals surface area contributed by atoms with E-state index in [1.54, 1.807) is 10.7 Å². The fourth-order valence-corrected chi connectivity index (χ4v) is 4.40. The van der Waals surface area contributed by atoms with E-state index in [2.05, 4.69) is 15.1 Å². The van der Waals surface area contributed by atoms with Gasteiger partial charge >= 0.3 is 0 Å². The van der Waals surface area contributed by atoms with Gasteiger partial charge in [-0.25, -0.2) is 9.50 Å². The Morgan fingerprint density at radius 3 is 2.56 bits per heavy atom. The van der Waals surface area contributed by atoms with Crippen molar-refractivity contribution < 1.29 is 4.79 Å². The number of carbonyl (C=O) groups is 1. The molecule has 25 heavy (non-hydrogen) atoms. The first-order valence-electron chi connectivity index (χ1n) is 9.68. The van der Waals surface area contributed by atoms with E-state index >= 15 is 0 Å². The van der Waals surface area contributed by atoms with Crippen LogP contribution >= 0.6 is 0 Å². The fraction of sp³-hybridized carbons (Fsp3) is 0.684. The summed E-state index contributed by atoms with van der Waals surface area (Å²) >= 11 is 0. The minimum atomic E-state index is -0.0546. The Morgan fingerprint density at radius 2 is 1.84 bits per heavy atom. The summed E-state index contributed by atoms with van der Waals surface area (Å²) < 4.78 is 1.64. The summed E-state index contributed by atoms with van der Waals surface area (Å²) in [7, 11) is 0. The molecule has 134 valence electrons. The molecule has 6 heteroatoms. The predicted octanol–water partition coefficient (Wildman–Crippen LogP) is 3.26. The van der Waals surface area contributed by atoms with Crippen LogP contribution in [0.1, 0.15) is 67.7 Å². The number of carbonyl (C=O) groups excluding carboxylic acids is 1. The molecule has 1 aliphatic carbocycles. The fourth-order valence-electron chi connectivity index (χ4n) is 4.40. The summed E-state index contributed by atoms with van der Waals surface area (Å²) in [5.74, 6) is 2.42. The van der Waals surface area contributed by atoms with Crippen LogP contribution < -0.4 is 0 Å². The first-order valence-corrected chi connectivity index (χ1v) is 9.68. The number of rotatable bonds is 3. The lowest BCUT2D eigenvalue weighted by Crippen LogP contribution is -2.39. The molecule has 1 aliphatic heterocycles. The summed E-state index contributed by atoms with van der Waals surface area (Å²) in [5.41, 5.74) is 0.933. The number of piperidine rings is 1. The number of aromatic nitrogens is 4. The predicted molar refractivity (Wildman–Crippen MR) is 95.3 cm³/mol. The average molecular weight is 341 g/mol. The largest absolute Gasteiger partial charge is 0.336 e. The number of nitrogens with zero attached hydrogens (tertiary/aromatic N) is 5. The second-order valence-electron chi connectivity index (χ2n) is 7.71. The standard InChI is InChI=1S/C19H27N5O/c1-14-7-10-20-19-21-17(22-24(14)19)18(25)23-11-8-16(9-12-23)13-15-5-3-2-4-6-15/h7,10,15-16H,2-6,8-9,11-13H2,1H3. The maximum Gasteiger partial charge on any atom is 0.293 e. The van der Waals surface area contributed by atoms with Gasteiger partial charge in [-0.1, -0.05) is 32.1 Å². The zero-order valence-corrected chi connectivity index (χ0v) is 15.0. The summed E-state index contributed by atoms with van der Waals surface area (Å²) in [6, 6.07) is 1.87. The molecule has 0 atom stereocenters. The Hall–Kier alpha value is -1.98. The van der Waals surface area contributed by atoms with Gasteiger partial charge in [-0.05, 0) is 44.1 Å². The molecular formula is C19H27N5O. The molecule has 0 N–H and O–H groups in total. The van der Waals surface area contributed by atoms with E-state index in [-0.39, 0.29) is 11.7 Å². The van der Waals surface area contributed by atoms with Crippen molar-refractivity contribution in [2.24, 2.45) is 11.8 Å². The quantitative estimate of drug-likeness (QED) is 0.859. The SMILES string of the molecule is Cc1ccnc2nc(C(=O)N3CCC(CC4CCCCC4)CC3)nn12. The van der Waals surface area contributed by atoms with Gasteiger partial charge in [0.1, 0.15) is 0 Å². The molecule has 1 saturated carbocycles. The highest BCUT2D eigenvalue weighted by molar-refractivity contribution is 5.90. The molecule has 0 unspecified atom stereocenters. The summed E-state index contributed by atoms with van der Waals surface area (Å²) in [5, 5.41) is 4.35. The zero-order valence-electron chi connectivity index (χ0n) is 15.0. The van der Waals surface area contributed by atoms with Crippen LogP contribution in [0.25, 0.3) is 5.78 Å². The van der Waals surface area contributed by atoms with E-state index in [0.717, 1.165) is 43.5 Å². The van der Waals surface area contributed by atoms with Crippen molar-refractivity contribution in [3.05, 3.63) is 23.8 Å². The monoisotopic (exact) mass is 341 g/mol. The number of hydrogen-bond acceptors (Lipinski definition) is 4. The van der Waals surface area contributed by atoms with Crippen LogP contribution in [0.5, 0.6) is 0 Å². The first kappa shape index (κ1) is 16.5. The highest BCUT2D eigenvalue weighted by atomic mass is 16.2. The van der Waals surface area contributed by atoms with Gasteiger partial charge in [0, 0.05) is 25.0 Å². The smallest absolute Gasteiger partial charge is 0.293 e. The van der Waals surface area contributed by atoms with Gasteiger partial charge < -0.3 is 4.90 Å². The topological polar surface area (TPSA) is 63.4 Å². The maximum atomic E-state index is 12.7. The number of likely N-dealkylation sites (tertiary alicyclic amines) is 1. The van der Waals surface area contributed by atoms with Crippen LogP contribution in [0, 0.1) is 18.8 Å². The molecule has 6 nitrogen and oxygen atoms in total. The molecule has 0 spiro atoms. The summed E-state index contributed by atoms with van der Waals surface area (Å²) in [4.78, 5) is 23.2.